The minimum atomic E-state index is -1.23. The summed E-state index contributed by atoms with van der Waals surface area (Å²) in [4.78, 5) is 35.3. The monoisotopic (exact) mass is 229 g/mol. The topological polar surface area (TPSA) is 74.7 Å². The van der Waals surface area contributed by atoms with Crippen molar-refractivity contribution in [3.05, 3.63) is 0 Å². The van der Waals surface area contributed by atoms with Crippen LogP contribution in [0.25, 0.3) is 0 Å². The number of carbonyl (C=O) groups is 3. The molecule has 15 heavy (non-hydrogen) atoms. The molecule has 6 heteroatoms. The summed E-state index contributed by atoms with van der Waals surface area (Å²) in [5.41, 5.74) is -1.23. The Balaban J connectivity index is 2.30. The Morgan fingerprint density at radius 1 is 1.27 bits per heavy atom. The Morgan fingerprint density at radius 3 is 2.13 bits per heavy atom. The molecule has 0 spiro atoms. The van der Waals surface area contributed by atoms with Crippen molar-refractivity contribution in [3.8, 4) is 0 Å². The Bertz CT molecular complexity index is 321. The van der Waals surface area contributed by atoms with Crippen LogP contribution < -0.4 is 0 Å². The summed E-state index contributed by atoms with van der Waals surface area (Å²) in [5.74, 6) is -1.36. The van der Waals surface area contributed by atoms with Crippen molar-refractivity contribution in [2.75, 3.05) is 11.5 Å². The number of hydrogen-bond acceptors (Lipinski definition) is 4. The molecule has 82 valence electrons. The van der Waals surface area contributed by atoms with Gasteiger partial charge in [0.2, 0.25) is 11.8 Å². The highest BCUT2D eigenvalue weighted by Gasteiger charge is 2.54. The van der Waals surface area contributed by atoms with Crippen LogP contribution in [0, 0.1) is 0 Å². The summed E-state index contributed by atoms with van der Waals surface area (Å²) in [6, 6.07) is 0. The summed E-state index contributed by atoms with van der Waals surface area (Å²) in [5, 5.41) is 9.12. The fourth-order valence-corrected chi connectivity index (χ4v) is 2.73. The lowest BCUT2D eigenvalue weighted by atomic mass is 9.75. The minimum absolute atomic E-state index is 0.209. The lowest BCUT2D eigenvalue weighted by Gasteiger charge is -2.46. The molecule has 2 fully saturated rings. The number of carboxylic acids is 1. The summed E-state index contributed by atoms with van der Waals surface area (Å²) >= 11 is 1.24. The van der Waals surface area contributed by atoms with E-state index in [9.17, 15) is 14.4 Å². The van der Waals surface area contributed by atoms with E-state index in [1.165, 1.54) is 11.8 Å². The number of nitrogens with zero attached hydrogens (tertiary/aromatic N) is 1. The van der Waals surface area contributed by atoms with Crippen molar-refractivity contribution in [1.82, 2.24) is 4.90 Å². The number of aliphatic carboxylic acids is 1. The van der Waals surface area contributed by atoms with Crippen molar-refractivity contribution in [1.29, 1.82) is 0 Å². The van der Waals surface area contributed by atoms with Gasteiger partial charge in [0.15, 0.2) is 0 Å². The van der Waals surface area contributed by atoms with Crippen LogP contribution in [0.5, 0.6) is 0 Å². The second kappa shape index (κ2) is 3.52. The molecule has 0 radical (unpaired) electrons. The fourth-order valence-electron chi connectivity index (χ4n) is 2.02. The molecule has 2 amide bonds. The predicted octanol–water partition coefficient (Wildman–Crippen LogP) is 0.0957. The Hall–Kier alpha value is -1.04. The summed E-state index contributed by atoms with van der Waals surface area (Å²) in [6.07, 6.45) is 1.55. The normalized spacial score (nSPS) is 24.9. The zero-order chi connectivity index (χ0) is 11.1. The van der Waals surface area contributed by atoms with Crippen LogP contribution in [0.2, 0.25) is 0 Å². The second-order valence-electron chi connectivity index (χ2n) is 3.81. The summed E-state index contributed by atoms with van der Waals surface area (Å²) < 4.78 is 0. The number of carbonyl (C=O) groups excluding carboxylic acids is 2. The van der Waals surface area contributed by atoms with Crippen molar-refractivity contribution < 1.29 is 19.5 Å². The van der Waals surface area contributed by atoms with Gasteiger partial charge in [-0.25, -0.2) is 4.79 Å². The van der Waals surface area contributed by atoms with E-state index >= 15 is 0 Å². The van der Waals surface area contributed by atoms with Gasteiger partial charge in [0, 0.05) is 0 Å². The molecule has 1 saturated heterocycles. The fraction of sp³-hybridized carbons (Fsp3) is 0.667. The zero-order valence-electron chi connectivity index (χ0n) is 8.06. The quantitative estimate of drug-likeness (QED) is 0.679. The Labute approximate surface area is 90.8 Å². The first-order chi connectivity index (χ1) is 7.08. The van der Waals surface area contributed by atoms with Gasteiger partial charge in [0.25, 0.3) is 0 Å². The van der Waals surface area contributed by atoms with E-state index < -0.39 is 11.5 Å². The molecule has 0 bridgehead atoms. The lowest BCUT2D eigenvalue weighted by molar-refractivity contribution is -0.171. The van der Waals surface area contributed by atoms with E-state index in [1.54, 1.807) is 0 Å². The van der Waals surface area contributed by atoms with Gasteiger partial charge in [-0.15, -0.1) is 11.8 Å². The van der Waals surface area contributed by atoms with Crippen molar-refractivity contribution in [2.45, 2.75) is 24.8 Å². The van der Waals surface area contributed by atoms with E-state index in [0.717, 1.165) is 11.3 Å². The van der Waals surface area contributed by atoms with Crippen LogP contribution >= 0.6 is 11.8 Å². The van der Waals surface area contributed by atoms with Gasteiger partial charge in [-0.3, -0.25) is 14.5 Å². The largest absolute Gasteiger partial charge is 0.479 e. The Kier molecular flexibility index (Phi) is 2.46. The lowest BCUT2D eigenvalue weighted by Crippen LogP contribution is -2.65. The Morgan fingerprint density at radius 2 is 1.80 bits per heavy atom. The third kappa shape index (κ3) is 1.43. The SMILES string of the molecule is O=C1CSCC(=O)N1C1(C(=O)O)CCC1. The molecule has 0 aromatic rings. The van der Waals surface area contributed by atoms with E-state index in [0.29, 0.717) is 12.8 Å². The number of hydrogen-bond donors (Lipinski definition) is 1. The molecule has 2 rings (SSSR count). The first-order valence-electron chi connectivity index (χ1n) is 4.75. The summed E-state index contributed by atoms with van der Waals surface area (Å²) in [7, 11) is 0. The molecule has 1 saturated carbocycles. The molecule has 1 heterocycles. The van der Waals surface area contributed by atoms with Gasteiger partial charge >= 0.3 is 5.97 Å². The average Bonchev–Trinajstić information content (AvgIpc) is 2.07. The molecule has 2 aliphatic rings. The van der Waals surface area contributed by atoms with Crippen molar-refractivity contribution in [3.63, 3.8) is 0 Å². The van der Waals surface area contributed by atoms with Gasteiger partial charge in [-0.1, -0.05) is 0 Å². The van der Waals surface area contributed by atoms with Gasteiger partial charge in [-0.2, -0.15) is 0 Å². The molecule has 0 unspecified atom stereocenters. The highest BCUT2D eigenvalue weighted by Crippen LogP contribution is 2.39. The third-order valence-corrected chi connectivity index (χ3v) is 3.86. The standard InChI is InChI=1S/C9H11NO4S/c11-6-4-15-5-7(12)10(6)9(8(13)14)2-1-3-9/h1-5H2,(H,13,14). The molecule has 5 nitrogen and oxygen atoms in total. The number of thioether (sulfide) groups is 1. The van der Waals surface area contributed by atoms with E-state index in [1.807, 2.05) is 0 Å². The van der Waals surface area contributed by atoms with Crippen LogP contribution in [-0.4, -0.2) is 44.8 Å². The molecular weight excluding hydrogens is 218 g/mol. The second-order valence-corrected chi connectivity index (χ2v) is 4.79. The van der Waals surface area contributed by atoms with Crippen LogP contribution in [0.4, 0.5) is 0 Å². The smallest absolute Gasteiger partial charge is 0.330 e. The van der Waals surface area contributed by atoms with Crippen molar-refractivity contribution >= 4 is 29.5 Å². The summed E-state index contributed by atoms with van der Waals surface area (Å²) in [6.45, 7) is 0. The first kappa shape index (κ1) is 10.5. The number of rotatable bonds is 2. The van der Waals surface area contributed by atoms with E-state index in [-0.39, 0.29) is 23.3 Å². The van der Waals surface area contributed by atoms with Crippen LogP contribution in [-0.2, 0) is 14.4 Å². The molecule has 1 N–H and O–H groups in total. The van der Waals surface area contributed by atoms with Crippen LogP contribution in [0.3, 0.4) is 0 Å². The maximum absolute atomic E-state index is 11.6. The maximum atomic E-state index is 11.6. The maximum Gasteiger partial charge on any atom is 0.330 e. The highest BCUT2D eigenvalue weighted by molar-refractivity contribution is 8.00. The molecule has 0 atom stereocenters. The molecule has 0 aromatic heterocycles. The highest BCUT2D eigenvalue weighted by atomic mass is 32.2. The van der Waals surface area contributed by atoms with Crippen molar-refractivity contribution in [2.24, 2.45) is 0 Å². The molecule has 0 aromatic carbocycles. The molecule has 1 aliphatic carbocycles. The van der Waals surface area contributed by atoms with E-state index in [4.69, 9.17) is 5.11 Å². The van der Waals surface area contributed by atoms with Gasteiger partial charge < -0.3 is 5.11 Å². The predicted molar refractivity (Wildman–Crippen MR) is 53.4 cm³/mol. The van der Waals surface area contributed by atoms with Crippen LogP contribution in [0.1, 0.15) is 19.3 Å². The molecule has 1 aliphatic heterocycles. The number of amides is 2. The van der Waals surface area contributed by atoms with Gasteiger partial charge in [0.1, 0.15) is 5.54 Å². The minimum Gasteiger partial charge on any atom is -0.479 e. The van der Waals surface area contributed by atoms with Gasteiger partial charge in [0.05, 0.1) is 11.5 Å². The number of carboxylic acid groups (broad SMARTS) is 1. The van der Waals surface area contributed by atoms with E-state index in [2.05, 4.69) is 0 Å². The zero-order valence-corrected chi connectivity index (χ0v) is 8.88. The first-order valence-corrected chi connectivity index (χ1v) is 5.90. The van der Waals surface area contributed by atoms with Crippen LogP contribution in [0.15, 0.2) is 0 Å². The van der Waals surface area contributed by atoms with Gasteiger partial charge in [-0.05, 0) is 19.3 Å². The number of imide groups is 1. The average molecular weight is 229 g/mol. The molecular formula is C9H11NO4S. The third-order valence-electron chi connectivity index (χ3n) is 2.96.